The lowest BCUT2D eigenvalue weighted by Gasteiger charge is -2.30. The van der Waals surface area contributed by atoms with Gasteiger partial charge < -0.3 is 9.64 Å². The molecule has 4 rings (SSSR count). The Hall–Kier alpha value is -2.40. The van der Waals surface area contributed by atoms with E-state index in [1.54, 1.807) is 19.5 Å². The first kappa shape index (κ1) is 18.0. The Morgan fingerprint density at radius 1 is 1.19 bits per heavy atom. The van der Waals surface area contributed by atoms with Gasteiger partial charge in [-0.05, 0) is 55.1 Å². The van der Waals surface area contributed by atoms with Crippen molar-refractivity contribution in [1.29, 1.82) is 0 Å². The zero-order valence-electron chi connectivity index (χ0n) is 15.9. The molecule has 0 radical (unpaired) electrons. The smallest absolute Gasteiger partial charge is 0.255 e. The average Bonchev–Trinajstić information content (AvgIpc) is 3.06. The predicted octanol–water partition coefficient (Wildman–Crippen LogP) is 3.22. The van der Waals surface area contributed by atoms with Gasteiger partial charge in [0.05, 0.1) is 12.7 Å². The predicted molar refractivity (Wildman–Crippen MR) is 105 cm³/mol. The van der Waals surface area contributed by atoms with Crippen LogP contribution in [0.4, 0.5) is 0 Å². The lowest BCUT2D eigenvalue weighted by atomic mass is 9.98. The maximum absolute atomic E-state index is 12.9. The third kappa shape index (κ3) is 3.98. The van der Waals surface area contributed by atoms with E-state index in [2.05, 4.69) is 22.0 Å². The van der Waals surface area contributed by atoms with Crippen LogP contribution in [0, 0.1) is 5.92 Å². The van der Waals surface area contributed by atoms with Crippen molar-refractivity contribution in [3.63, 3.8) is 0 Å². The average molecular weight is 365 g/mol. The minimum atomic E-state index is 0.112. The molecule has 0 unspecified atom stereocenters. The molecule has 0 spiro atoms. The van der Waals surface area contributed by atoms with Gasteiger partial charge in [0.1, 0.15) is 5.75 Å². The number of nitrogens with zero attached hydrogens (tertiary/aromatic N) is 3. The van der Waals surface area contributed by atoms with E-state index in [9.17, 15) is 4.79 Å². The van der Waals surface area contributed by atoms with E-state index in [1.807, 2.05) is 29.2 Å². The zero-order valence-corrected chi connectivity index (χ0v) is 15.9. The van der Waals surface area contributed by atoms with Gasteiger partial charge in [-0.2, -0.15) is 0 Å². The van der Waals surface area contributed by atoms with Gasteiger partial charge in [-0.3, -0.25) is 14.7 Å². The maximum Gasteiger partial charge on any atom is 0.255 e. The Bertz CT molecular complexity index is 763. The van der Waals surface area contributed by atoms with Crippen LogP contribution in [0.25, 0.3) is 0 Å². The Morgan fingerprint density at radius 2 is 2.04 bits per heavy atom. The molecule has 2 aliphatic rings. The Kier molecular flexibility index (Phi) is 5.39. The number of aromatic nitrogens is 1. The van der Waals surface area contributed by atoms with Crippen LogP contribution in [0.5, 0.6) is 5.75 Å². The summed E-state index contributed by atoms with van der Waals surface area (Å²) in [6.45, 7) is 3.70. The molecule has 2 fully saturated rings. The topological polar surface area (TPSA) is 45.7 Å². The van der Waals surface area contributed by atoms with Crippen LogP contribution >= 0.6 is 0 Å². The van der Waals surface area contributed by atoms with Crippen molar-refractivity contribution >= 4 is 5.91 Å². The van der Waals surface area contributed by atoms with Gasteiger partial charge in [-0.1, -0.05) is 18.6 Å². The summed E-state index contributed by atoms with van der Waals surface area (Å²) in [5, 5.41) is 0. The highest BCUT2D eigenvalue weighted by molar-refractivity contribution is 5.94. The van der Waals surface area contributed by atoms with Crippen LogP contribution in [0.3, 0.4) is 0 Å². The summed E-state index contributed by atoms with van der Waals surface area (Å²) < 4.78 is 5.27. The summed E-state index contributed by atoms with van der Waals surface area (Å²) in [7, 11) is 1.70. The van der Waals surface area contributed by atoms with Gasteiger partial charge in [0.15, 0.2) is 0 Å². The number of rotatable bonds is 4. The monoisotopic (exact) mass is 365 g/mol. The molecule has 2 atom stereocenters. The second kappa shape index (κ2) is 8.09. The van der Waals surface area contributed by atoms with Gasteiger partial charge in [-0.25, -0.2) is 0 Å². The number of hydrogen-bond donors (Lipinski definition) is 0. The molecule has 2 aliphatic heterocycles. The van der Waals surface area contributed by atoms with Gasteiger partial charge in [0, 0.05) is 38.1 Å². The fourth-order valence-electron chi connectivity index (χ4n) is 4.44. The highest BCUT2D eigenvalue weighted by atomic mass is 16.5. The minimum absolute atomic E-state index is 0.112. The molecule has 1 amide bonds. The van der Waals surface area contributed by atoms with Crippen molar-refractivity contribution in [2.24, 2.45) is 5.92 Å². The van der Waals surface area contributed by atoms with Crippen molar-refractivity contribution in [1.82, 2.24) is 14.8 Å². The van der Waals surface area contributed by atoms with Crippen molar-refractivity contribution in [3.8, 4) is 5.75 Å². The van der Waals surface area contributed by atoms with Crippen molar-refractivity contribution in [2.45, 2.75) is 31.8 Å². The van der Waals surface area contributed by atoms with E-state index in [4.69, 9.17) is 4.74 Å². The lowest BCUT2D eigenvalue weighted by molar-refractivity contribution is 0.0772. The summed E-state index contributed by atoms with van der Waals surface area (Å²) in [6, 6.07) is 12.5. The van der Waals surface area contributed by atoms with E-state index in [0.29, 0.717) is 17.5 Å². The molecule has 0 saturated carbocycles. The fraction of sp³-hybridized carbons (Fsp3) is 0.455. The van der Waals surface area contributed by atoms with Gasteiger partial charge in [0.2, 0.25) is 0 Å². The third-order valence-electron chi connectivity index (χ3n) is 5.89. The molecular weight excluding hydrogens is 338 g/mol. The van der Waals surface area contributed by atoms with Crippen molar-refractivity contribution in [2.75, 3.05) is 26.7 Å². The number of fused-ring (bicyclic) bond motifs is 1. The minimum Gasteiger partial charge on any atom is -0.497 e. The van der Waals surface area contributed by atoms with Crippen LogP contribution in [-0.4, -0.2) is 53.5 Å². The Morgan fingerprint density at radius 3 is 2.78 bits per heavy atom. The van der Waals surface area contributed by atoms with E-state index in [-0.39, 0.29) is 5.91 Å². The van der Waals surface area contributed by atoms with E-state index in [1.165, 1.54) is 24.8 Å². The van der Waals surface area contributed by atoms with Gasteiger partial charge >= 0.3 is 0 Å². The third-order valence-corrected chi connectivity index (χ3v) is 5.89. The number of amides is 1. The molecule has 142 valence electrons. The number of benzene rings is 1. The zero-order chi connectivity index (χ0) is 18.6. The summed E-state index contributed by atoms with van der Waals surface area (Å²) >= 11 is 0. The number of ether oxygens (including phenoxy) is 1. The highest BCUT2D eigenvalue weighted by Gasteiger charge is 2.39. The largest absolute Gasteiger partial charge is 0.497 e. The van der Waals surface area contributed by atoms with Gasteiger partial charge in [0.25, 0.3) is 5.91 Å². The van der Waals surface area contributed by atoms with Crippen LogP contribution in [0.15, 0.2) is 48.8 Å². The summed E-state index contributed by atoms with van der Waals surface area (Å²) in [5.74, 6) is 1.56. The quantitative estimate of drug-likeness (QED) is 0.835. The van der Waals surface area contributed by atoms with Gasteiger partial charge in [-0.15, -0.1) is 0 Å². The SMILES string of the molecule is COc1ccc(CN2CCCC[C@H]3CN(C(=O)c4cccnc4)C[C@H]32)cc1. The second-order valence-corrected chi connectivity index (χ2v) is 7.59. The van der Waals surface area contributed by atoms with Crippen molar-refractivity contribution in [3.05, 3.63) is 59.9 Å². The Labute approximate surface area is 161 Å². The molecule has 0 N–H and O–H groups in total. The number of methoxy groups -OCH3 is 1. The summed E-state index contributed by atoms with van der Waals surface area (Å²) in [4.78, 5) is 21.6. The molecule has 5 nitrogen and oxygen atoms in total. The molecule has 1 aromatic carbocycles. The van der Waals surface area contributed by atoms with E-state index >= 15 is 0 Å². The number of carbonyl (C=O) groups is 1. The number of pyridine rings is 1. The molecule has 27 heavy (non-hydrogen) atoms. The maximum atomic E-state index is 12.9. The Balaban J connectivity index is 1.48. The summed E-state index contributed by atoms with van der Waals surface area (Å²) in [6.07, 6.45) is 7.07. The molecule has 0 aliphatic carbocycles. The molecule has 3 heterocycles. The van der Waals surface area contributed by atoms with Crippen molar-refractivity contribution < 1.29 is 9.53 Å². The standard InChI is InChI=1S/C22H27N3O2/c1-27-20-9-7-17(8-10-20)14-24-12-3-2-5-19-15-25(16-21(19)24)22(26)18-6-4-11-23-13-18/h4,6-11,13,19,21H,2-3,5,12,14-16H2,1H3/t19-,21+/m0/s1. The first-order chi connectivity index (χ1) is 13.2. The molecule has 1 aromatic heterocycles. The molecule has 2 saturated heterocycles. The highest BCUT2D eigenvalue weighted by Crippen LogP contribution is 2.31. The second-order valence-electron chi connectivity index (χ2n) is 7.59. The van der Waals surface area contributed by atoms with E-state index in [0.717, 1.165) is 31.9 Å². The van der Waals surface area contributed by atoms with Crippen LogP contribution < -0.4 is 4.74 Å². The first-order valence-corrected chi connectivity index (χ1v) is 9.81. The summed E-state index contributed by atoms with van der Waals surface area (Å²) in [5.41, 5.74) is 1.99. The first-order valence-electron chi connectivity index (χ1n) is 9.81. The van der Waals surface area contributed by atoms with Crippen LogP contribution in [0.1, 0.15) is 35.2 Å². The lowest BCUT2D eigenvalue weighted by Crippen LogP contribution is -2.40. The fourth-order valence-corrected chi connectivity index (χ4v) is 4.44. The number of hydrogen-bond acceptors (Lipinski definition) is 4. The number of carbonyl (C=O) groups excluding carboxylic acids is 1. The van der Waals surface area contributed by atoms with E-state index < -0.39 is 0 Å². The molecular formula is C22H27N3O2. The van der Waals surface area contributed by atoms with Crippen LogP contribution in [-0.2, 0) is 6.54 Å². The van der Waals surface area contributed by atoms with Crippen LogP contribution in [0.2, 0.25) is 0 Å². The normalized spacial score (nSPS) is 22.9. The molecule has 0 bridgehead atoms. The molecule has 2 aromatic rings. The molecule has 5 heteroatoms. The number of likely N-dealkylation sites (tertiary alicyclic amines) is 2.